The summed E-state index contributed by atoms with van der Waals surface area (Å²) >= 11 is 0. The monoisotopic (exact) mass is 336 g/mol. The van der Waals surface area contributed by atoms with E-state index in [1.807, 2.05) is 18.2 Å². The highest BCUT2D eigenvalue weighted by Gasteiger charge is 2.38. The minimum absolute atomic E-state index is 0.118. The number of nitrogens with zero attached hydrogens (tertiary/aromatic N) is 2. The number of hydrogen-bond donors (Lipinski definition) is 0. The topological polar surface area (TPSA) is 42.4 Å². The van der Waals surface area contributed by atoms with E-state index in [-0.39, 0.29) is 12.0 Å². The van der Waals surface area contributed by atoms with E-state index in [9.17, 15) is 4.79 Å². The molecule has 0 radical (unpaired) electrons. The number of carbonyl (C=O) groups is 1. The van der Waals surface area contributed by atoms with Gasteiger partial charge >= 0.3 is 0 Å². The first-order valence-electron chi connectivity index (χ1n) is 9.19. The summed E-state index contributed by atoms with van der Waals surface area (Å²) in [4.78, 5) is 18.7. The Kier molecular flexibility index (Phi) is 4.68. The Labute approximate surface area is 148 Å². The summed E-state index contributed by atoms with van der Waals surface area (Å²) in [6, 6.07) is 14.3. The number of pyridine rings is 1. The predicted molar refractivity (Wildman–Crippen MR) is 96.2 cm³/mol. The van der Waals surface area contributed by atoms with Crippen molar-refractivity contribution in [3.63, 3.8) is 0 Å². The van der Waals surface area contributed by atoms with E-state index in [2.05, 4.69) is 34.1 Å². The van der Waals surface area contributed by atoms with Crippen LogP contribution in [0.1, 0.15) is 24.8 Å². The second-order valence-electron chi connectivity index (χ2n) is 7.14. The minimum Gasteiger partial charge on any atom is -0.488 e. The van der Waals surface area contributed by atoms with Gasteiger partial charge in [-0.05, 0) is 37.0 Å². The molecule has 2 atom stereocenters. The Balaban J connectivity index is 1.49. The summed E-state index contributed by atoms with van der Waals surface area (Å²) in [5, 5.41) is 0. The minimum atomic E-state index is 0.118. The molecular formula is C21H24N2O2. The van der Waals surface area contributed by atoms with E-state index < -0.39 is 0 Å². The number of likely N-dealkylation sites (tertiary alicyclic amines) is 1. The highest BCUT2D eigenvalue weighted by Crippen LogP contribution is 2.33. The molecule has 25 heavy (non-hydrogen) atoms. The van der Waals surface area contributed by atoms with Gasteiger partial charge in [0.2, 0.25) is 5.91 Å². The quantitative estimate of drug-likeness (QED) is 0.841. The zero-order valence-corrected chi connectivity index (χ0v) is 14.4. The molecule has 2 heterocycles. The summed E-state index contributed by atoms with van der Waals surface area (Å²) in [5.74, 6) is 1.75. The van der Waals surface area contributed by atoms with Crippen LogP contribution in [-0.4, -0.2) is 35.0 Å². The van der Waals surface area contributed by atoms with Crippen LogP contribution in [0.25, 0.3) is 0 Å². The normalized spacial score (nSPS) is 23.3. The van der Waals surface area contributed by atoms with Crippen LogP contribution >= 0.6 is 0 Å². The van der Waals surface area contributed by atoms with Gasteiger partial charge in [-0.25, -0.2) is 0 Å². The number of carbonyl (C=O) groups excluding carboxylic acids is 1. The van der Waals surface area contributed by atoms with Crippen LogP contribution < -0.4 is 4.74 Å². The first kappa shape index (κ1) is 16.1. The van der Waals surface area contributed by atoms with Crippen molar-refractivity contribution in [2.24, 2.45) is 11.8 Å². The maximum absolute atomic E-state index is 12.5. The summed E-state index contributed by atoms with van der Waals surface area (Å²) < 4.78 is 6.24. The van der Waals surface area contributed by atoms with Crippen molar-refractivity contribution in [1.29, 1.82) is 0 Å². The Morgan fingerprint density at radius 1 is 1.12 bits per heavy atom. The fourth-order valence-electron chi connectivity index (χ4n) is 3.66. The molecule has 2 fully saturated rings. The van der Waals surface area contributed by atoms with Crippen LogP contribution in [0.2, 0.25) is 0 Å². The molecule has 1 amide bonds. The van der Waals surface area contributed by atoms with Crippen LogP contribution in [0.3, 0.4) is 0 Å². The molecule has 2 aliphatic rings. The standard InChI is InChI=1S/C21H24N2O2/c24-21(17-8-9-17)23-12-10-20(25-19-7-4-11-22-14-19)18(15-23)13-16-5-2-1-3-6-16/h1-7,11,14,17-18,20H,8-10,12-13,15H2/t18-,20-/m1/s1. The van der Waals surface area contributed by atoms with Gasteiger partial charge < -0.3 is 9.64 Å². The Morgan fingerprint density at radius 3 is 2.68 bits per heavy atom. The van der Waals surface area contributed by atoms with Crippen LogP contribution in [0.5, 0.6) is 5.75 Å². The van der Waals surface area contributed by atoms with Crippen LogP contribution in [0.15, 0.2) is 54.9 Å². The van der Waals surface area contributed by atoms with Gasteiger partial charge in [-0.2, -0.15) is 0 Å². The van der Waals surface area contributed by atoms with Gasteiger partial charge in [0, 0.05) is 37.5 Å². The van der Waals surface area contributed by atoms with Crippen molar-refractivity contribution in [3.05, 3.63) is 60.4 Å². The Hall–Kier alpha value is -2.36. The fourth-order valence-corrected chi connectivity index (χ4v) is 3.66. The molecule has 0 unspecified atom stereocenters. The highest BCUT2D eigenvalue weighted by molar-refractivity contribution is 5.81. The predicted octanol–water partition coefficient (Wildman–Crippen LogP) is 3.33. The number of amides is 1. The molecule has 1 aliphatic heterocycles. The number of aromatic nitrogens is 1. The van der Waals surface area contributed by atoms with E-state index in [0.29, 0.717) is 11.8 Å². The molecule has 0 spiro atoms. The molecular weight excluding hydrogens is 312 g/mol. The summed E-state index contributed by atoms with van der Waals surface area (Å²) in [5.41, 5.74) is 1.30. The van der Waals surface area contributed by atoms with Gasteiger partial charge in [0.25, 0.3) is 0 Å². The van der Waals surface area contributed by atoms with Gasteiger partial charge in [0.05, 0.1) is 6.20 Å². The zero-order chi connectivity index (χ0) is 17.1. The molecule has 2 aromatic rings. The Bertz CT molecular complexity index is 700. The third-order valence-electron chi connectivity index (χ3n) is 5.17. The highest BCUT2D eigenvalue weighted by atomic mass is 16.5. The number of ether oxygens (including phenoxy) is 1. The molecule has 1 aliphatic carbocycles. The molecule has 1 aromatic heterocycles. The van der Waals surface area contributed by atoms with E-state index >= 15 is 0 Å². The average Bonchev–Trinajstić information content (AvgIpc) is 3.49. The van der Waals surface area contributed by atoms with Gasteiger partial charge in [0.1, 0.15) is 11.9 Å². The van der Waals surface area contributed by atoms with Gasteiger partial charge in [-0.3, -0.25) is 9.78 Å². The van der Waals surface area contributed by atoms with Crippen LogP contribution in [0, 0.1) is 11.8 Å². The first-order chi connectivity index (χ1) is 12.3. The van der Waals surface area contributed by atoms with Crippen molar-refractivity contribution in [2.45, 2.75) is 31.8 Å². The van der Waals surface area contributed by atoms with Crippen molar-refractivity contribution in [1.82, 2.24) is 9.88 Å². The Morgan fingerprint density at radius 2 is 1.96 bits per heavy atom. The van der Waals surface area contributed by atoms with Crippen molar-refractivity contribution in [2.75, 3.05) is 13.1 Å². The molecule has 0 N–H and O–H groups in total. The molecule has 4 nitrogen and oxygen atoms in total. The average molecular weight is 336 g/mol. The first-order valence-corrected chi connectivity index (χ1v) is 9.19. The number of benzene rings is 1. The number of piperidine rings is 1. The molecule has 130 valence electrons. The largest absolute Gasteiger partial charge is 0.488 e. The summed E-state index contributed by atoms with van der Waals surface area (Å²) in [6.07, 6.45) is 7.58. The number of rotatable bonds is 5. The lowest BCUT2D eigenvalue weighted by Gasteiger charge is -2.38. The molecule has 1 aromatic carbocycles. The summed E-state index contributed by atoms with van der Waals surface area (Å²) in [7, 11) is 0. The van der Waals surface area contributed by atoms with Crippen molar-refractivity contribution >= 4 is 5.91 Å². The number of hydrogen-bond acceptors (Lipinski definition) is 3. The second kappa shape index (κ2) is 7.26. The van der Waals surface area contributed by atoms with E-state index in [1.54, 1.807) is 12.4 Å². The second-order valence-corrected chi connectivity index (χ2v) is 7.14. The lowest BCUT2D eigenvalue weighted by Crippen LogP contribution is -2.49. The molecule has 4 rings (SSSR count). The van der Waals surface area contributed by atoms with E-state index in [0.717, 1.165) is 44.5 Å². The smallest absolute Gasteiger partial charge is 0.225 e. The third-order valence-corrected chi connectivity index (χ3v) is 5.17. The lowest BCUT2D eigenvalue weighted by atomic mass is 9.88. The van der Waals surface area contributed by atoms with Crippen molar-refractivity contribution in [3.8, 4) is 5.75 Å². The van der Waals surface area contributed by atoms with Crippen molar-refractivity contribution < 1.29 is 9.53 Å². The molecule has 1 saturated carbocycles. The van der Waals surface area contributed by atoms with Gasteiger partial charge in [0.15, 0.2) is 0 Å². The fraction of sp³-hybridized carbons (Fsp3) is 0.429. The SMILES string of the molecule is O=C(C1CC1)N1CC[C@@H](Oc2cccnc2)[C@H](Cc2ccccc2)C1. The molecule has 0 bridgehead atoms. The maximum atomic E-state index is 12.5. The summed E-state index contributed by atoms with van der Waals surface area (Å²) in [6.45, 7) is 1.58. The van der Waals surface area contributed by atoms with E-state index in [4.69, 9.17) is 4.74 Å². The van der Waals surface area contributed by atoms with Crippen LogP contribution in [-0.2, 0) is 11.2 Å². The third kappa shape index (κ3) is 4.01. The molecule has 1 saturated heterocycles. The van der Waals surface area contributed by atoms with Crippen LogP contribution in [0.4, 0.5) is 0 Å². The maximum Gasteiger partial charge on any atom is 0.225 e. The van der Waals surface area contributed by atoms with E-state index in [1.165, 1.54) is 5.56 Å². The molecule has 4 heteroatoms. The lowest BCUT2D eigenvalue weighted by molar-refractivity contribution is -0.136. The van der Waals surface area contributed by atoms with Gasteiger partial charge in [-0.1, -0.05) is 30.3 Å². The zero-order valence-electron chi connectivity index (χ0n) is 14.4. The van der Waals surface area contributed by atoms with Gasteiger partial charge in [-0.15, -0.1) is 0 Å².